The Hall–Kier alpha value is -2.84. The van der Waals surface area contributed by atoms with Crippen LogP contribution in [0.15, 0.2) is 24.4 Å². The second-order valence-electron chi connectivity index (χ2n) is 8.38. The summed E-state index contributed by atoms with van der Waals surface area (Å²) in [7, 11) is 0. The van der Waals surface area contributed by atoms with Gasteiger partial charge >= 0.3 is 12.1 Å². The van der Waals surface area contributed by atoms with Gasteiger partial charge in [0.15, 0.2) is 5.82 Å². The van der Waals surface area contributed by atoms with E-state index in [2.05, 4.69) is 4.98 Å². The largest absolute Gasteiger partial charge is 0.493 e. The summed E-state index contributed by atoms with van der Waals surface area (Å²) in [5, 5.41) is 9.30. The summed E-state index contributed by atoms with van der Waals surface area (Å²) in [5.74, 6) is 0.278. The standard InChI is InChI=1S/C23H26F3N3O3/c24-23(25,26)9-1-4-18-14-27-20(17-5-6-19-16(13-17)3-2-12-32-19)21(28-18)29-10-7-15(8-11-29)22(30)31/h5-6,13-15H,1-4,7-12H2,(H,30,31). The number of carboxylic acid groups (broad SMARTS) is 1. The van der Waals surface area contributed by atoms with E-state index in [1.807, 2.05) is 23.1 Å². The van der Waals surface area contributed by atoms with Crippen molar-refractivity contribution in [1.82, 2.24) is 9.97 Å². The zero-order valence-electron chi connectivity index (χ0n) is 17.7. The molecule has 1 aromatic heterocycles. The Morgan fingerprint density at radius 3 is 2.75 bits per heavy atom. The first-order chi connectivity index (χ1) is 15.3. The van der Waals surface area contributed by atoms with Gasteiger partial charge < -0.3 is 14.7 Å². The average molecular weight is 449 g/mol. The minimum atomic E-state index is -4.19. The molecule has 0 aliphatic carbocycles. The number of aromatic nitrogens is 2. The highest BCUT2D eigenvalue weighted by atomic mass is 19.4. The van der Waals surface area contributed by atoms with E-state index in [0.29, 0.717) is 49.7 Å². The Morgan fingerprint density at radius 1 is 1.25 bits per heavy atom. The van der Waals surface area contributed by atoms with Gasteiger partial charge in [-0.1, -0.05) is 0 Å². The van der Waals surface area contributed by atoms with E-state index >= 15 is 0 Å². The molecule has 1 fully saturated rings. The molecule has 0 atom stereocenters. The van der Waals surface area contributed by atoms with Crippen molar-refractivity contribution in [1.29, 1.82) is 0 Å². The van der Waals surface area contributed by atoms with Gasteiger partial charge in [0.25, 0.3) is 0 Å². The van der Waals surface area contributed by atoms with Crippen molar-refractivity contribution in [2.75, 3.05) is 24.6 Å². The number of anilines is 1. The number of benzene rings is 1. The molecule has 0 radical (unpaired) electrons. The molecule has 2 aromatic rings. The van der Waals surface area contributed by atoms with Gasteiger partial charge in [0.05, 0.1) is 18.2 Å². The molecule has 0 bridgehead atoms. The average Bonchev–Trinajstić information content (AvgIpc) is 2.78. The van der Waals surface area contributed by atoms with Crippen LogP contribution in [-0.2, 0) is 17.6 Å². The number of hydrogen-bond acceptors (Lipinski definition) is 5. The number of rotatable bonds is 6. The van der Waals surface area contributed by atoms with Gasteiger partial charge in [-0.05, 0) is 62.3 Å². The van der Waals surface area contributed by atoms with Crippen molar-refractivity contribution >= 4 is 11.8 Å². The van der Waals surface area contributed by atoms with E-state index in [1.165, 1.54) is 0 Å². The maximum Gasteiger partial charge on any atom is 0.389 e. The fraction of sp³-hybridized carbons (Fsp3) is 0.522. The Kier molecular flexibility index (Phi) is 6.53. The molecule has 0 unspecified atom stereocenters. The van der Waals surface area contributed by atoms with E-state index in [9.17, 15) is 23.1 Å². The Labute approximate surface area is 184 Å². The fourth-order valence-electron chi connectivity index (χ4n) is 4.28. The van der Waals surface area contributed by atoms with Gasteiger partial charge in [0.2, 0.25) is 0 Å². The quantitative estimate of drug-likeness (QED) is 0.692. The molecule has 1 N–H and O–H groups in total. The third kappa shape index (κ3) is 5.31. The third-order valence-corrected chi connectivity index (χ3v) is 6.02. The normalized spacial score (nSPS) is 17.0. The summed E-state index contributed by atoms with van der Waals surface area (Å²) in [6, 6.07) is 5.88. The lowest BCUT2D eigenvalue weighted by Gasteiger charge is -2.32. The molecule has 6 nitrogen and oxygen atoms in total. The van der Waals surface area contributed by atoms with Gasteiger partial charge in [0, 0.05) is 31.3 Å². The van der Waals surface area contributed by atoms with Crippen molar-refractivity contribution in [3.8, 4) is 17.0 Å². The van der Waals surface area contributed by atoms with Crippen molar-refractivity contribution in [3.05, 3.63) is 35.7 Å². The molecule has 2 aliphatic heterocycles. The van der Waals surface area contributed by atoms with E-state index in [0.717, 1.165) is 29.7 Å². The summed E-state index contributed by atoms with van der Waals surface area (Å²) in [6.45, 7) is 1.72. The maximum absolute atomic E-state index is 12.6. The number of aryl methyl sites for hydroxylation is 2. The third-order valence-electron chi connectivity index (χ3n) is 6.02. The van der Waals surface area contributed by atoms with Gasteiger partial charge in [-0.3, -0.25) is 9.78 Å². The van der Waals surface area contributed by atoms with E-state index in [-0.39, 0.29) is 12.8 Å². The van der Waals surface area contributed by atoms with E-state index in [1.54, 1.807) is 6.20 Å². The first-order valence-electron chi connectivity index (χ1n) is 11.0. The minimum absolute atomic E-state index is 0.0474. The summed E-state index contributed by atoms with van der Waals surface area (Å²) in [4.78, 5) is 22.6. The molecule has 0 amide bonds. The van der Waals surface area contributed by atoms with Crippen LogP contribution < -0.4 is 9.64 Å². The number of ether oxygens (including phenoxy) is 1. The predicted octanol–water partition coefficient (Wildman–Crippen LogP) is 4.65. The fourth-order valence-corrected chi connectivity index (χ4v) is 4.28. The van der Waals surface area contributed by atoms with Crippen molar-refractivity contribution in [2.45, 2.75) is 51.1 Å². The molecule has 1 saturated heterocycles. The molecule has 9 heteroatoms. The first kappa shape index (κ1) is 22.4. The van der Waals surface area contributed by atoms with Crippen LogP contribution in [0.3, 0.4) is 0 Å². The molecule has 2 aliphatic rings. The molecule has 32 heavy (non-hydrogen) atoms. The van der Waals surface area contributed by atoms with Gasteiger partial charge in [-0.2, -0.15) is 13.2 Å². The van der Waals surface area contributed by atoms with Gasteiger partial charge in [-0.15, -0.1) is 0 Å². The number of hydrogen-bond donors (Lipinski definition) is 1. The number of aliphatic carboxylic acids is 1. The number of carbonyl (C=O) groups is 1. The molecular weight excluding hydrogens is 423 g/mol. The number of fused-ring (bicyclic) bond motifs is 1. The van der Waals surface area contributed by atoms with Crippen molar-refractivity contribution < 1.29 is 27.8 Å². The van der Waals surface area contributed by atoms with Crippen LogP contribution in [-0.4, -0.2) is 46.9 Å². The first-order valence-corrected chi connectivity index (χ1v) is 11.0. The smallest absolute Gasteiger partial charge is 0.389 e. The summed E-state index contributed by atoms with van der Waals surface area (Å²) < 4.78 is 43.3. The molecule has 0 saturated carbocycles. The number of halogens is 3. The van der Waals surface area contributed by atoms with Crippen molar-refractivity contribution in [2.24, 2.45) is 5.92 Å². The van der Waals surface area contributed by atoms with Crippen LogP contribution in [0.2, 0.25) is 0 Å². The highest BCUT2D eigenvalue weighted by Gasteiger charge is 2.28. The second kappa shape index (κ2) is 9.34. The van der Waals surface area contributed by atoms with Crippen molar-refractivity contribution in [3.63, 3.8) is 0 Å². The Bertz CT molecular complexity index is 973. The van der Waals surface area contributed by atoms with Crippen LogP contribution in [0.4, 0.5) is 19.0 Å². The van der Waals surface area contributed by atoms with Crippen LogP contribution in [0.5, 0.6) is 5.75 Å². The SMILES string of the molecule is O=C(O)C1CCN(c2nc(CCCC(F)(F)F)cnc2-c2ccc3c(c2)CCCO3)CC1. The highest BCUT2D eigenvalue weighted by molar-refractivity contribution is 5.74. The number of nitrogens with zero attached hydrogens (tertiary/aromatic N) is 3. The van der Waals surface area contributed by atoms with Gasteiger partial charge in [-0.25, -0.2) is 4.98 Å². The second-order valence-corrected chi connectivity index (χ2v) is 8.38. The summed E-state index contributed by atoms with van der Waals surface area (Å²) in [6.07, 6.45) is -0.533. The molecule has 0 spiro atoms. The lowest BCUT2D eigenvalue weighted by molar-refractivity contribution is -0.142. The number of carboxylic acids is 1. The predicted molar refractivity (Wildman–Crippen MR) is 113 cm³/mol. The topological polar surface area (TPSA) is 75.5 Å². The van der Waals surface area contributed by atoms with Gasteiger partial charge in [0.1, 0.15) is 11.4 Å². The Balaban J connectivity index is 1.62. The summed E-state index contributed by atoms with van der Waals surface area (Å²) in [5.41, 5.74) is 3.14. The van der Waals surface area contributed by atoms with Crippen LogP contribution in [0, 0.1) is 5.92 Å². The zero-order valence-corrected chi connectivity index (χ0v) is 17.7. The maximum atomic E-state index is 12.6. The lowest BCUT2D eigenvalue weighted by atomic mass is 9.96. The monoisotopic (exact) mass is 449 g/mol. The highest BCUT2D eigenvalue weighted by Crippen LogP contribution is 2.35. The van der Waals surface area contributed by atoms with E-state index in [4.69, 9.17) is 9.72 Å². The van der Waals surface area contributed by atoms with Crippen LogP contribution in [0.1, 0.15) is 43.4 Å². The summed E-state index contributed by atoms with van der Waals surface area (Å²) >= 11 is 0. The molecule has 172 valence electrons. The van der Waals surface area contributed by atoms with Crippen LogP contribution in [0.25, 0.3) is 11.3 Å². The molecule has 4 rings (SSSR count). The number of alkyl halides is 3. The minimum Gasteiger partial charge on any atom is -0.493 e. The molecule has 3 heterocycles. The lowest BCUT2D eigenvalue weighted by Crippen LogP contribution is -2.37. The molecular formula is C23H26F3N3O3. The zero-order chi connectivity index (χ0) is 22.7. The molecule has 1 aromatic carbocycles. The van der Waals surface area contributed by atoms with Crippen LogP contribution >= 0.6 is 0 Å². The number of piperidine rings is 1. The van der Waals surface area contributed by atoms with E-state index < -0.39 is 24.5 Å². The Morgan fingerprint density at radius 2 is 2.03 bits per heavy atom.